The average Bonchev–Trinajstić information content (AvgIpc) is 2.96. The van der Waals surface area contributed by atoms with E-state index in [1.165, 1.54) is 6.08 Å². The minimum absolute atomic E-state index is 0.113. The Kier molecular flexibility index (Phi) is 7.82. The van der Waals surface area contributed by atoms with Gasteiger partial charge in [0, 0.05) is 30.7 Å². The summed E-state index contributed by atoms with van der Waals surface area (Å²) in [6.07, 6.45) is 3.84. The predicted octanol–water partition coefficient (Wildman–Crippen LogP) is 6.23. The molecule has 0 saturated carbocycles. The SMILES string of the molecule is C=CC(=O)N1C[C@H](C)N(c2nc(=O)n(-c3c(C)cccc3CC)c3nc(-c4ccccc4C=C)c(Cl)cc23)[C@@H](C)C1. The van der Waals surface area contributed by atoms with Crippen LogP contribution >= 0.6 is 11.6 Å². The van der Waals surface area contributed by atoms with Crippen LogP contribution in [0.25, 0.3) is 34.1 Å². The molecular weight excluding hydrogens is 534 g/mol. The lowest BCUT2D eigenvalue weighted by atomic mass is 10.0. The fraction of sp³-hybridized carbons (Fsp3) is 0.273. The lowest BCUT2D eigenvalue weighted by molar-refractivity contribution is -0.127. The number of benzene rings is 2. The van der Waals surface area contributed by atoms with E-state index in [0.717, 1.165) is 34.4 Å². The molecule has 0 radical (unpaired) electrons. The van der Waals surface area contributed by atoms with Crippen LogP contribution in [0.2, 0.25) is 5.02 Å². The normalized spacial score (nSPS) is 17.1. The summed E-state index contributed by atoms with van der Waals surface area (Å²) in [7, 11) is 0. The second kappa shape index (κ2) is 11.3. The van der Waals surface area contributed by atoms with Gasteiger partial charge in [-0.2, -0.15) is 4.98 Å². The Hall–Kier alpha value is -4.23. The maximum absolute atomic E-state index is 14.1. The Labute approximate surface area is 245 Å². The average molecular weight is 568 g/mol. The summed E-state index contributed by atoms with van der Waals surface area (Å²) in [4.78, 5) is 40.2. The van der Waals surface area contributed by atoms with Crippen LogP contribution in [0.15, 0.2) is 72.6 Å². The molecule has 1 aliphatic rings. The number of amides is 1. The molecule has 1 saturated heterocycles. The minimum Gasteiger partial charge on any atom is -0.347 e. The first-order valence-corrected chi connectivity index (χ1v) is 14.2. The number of piperazine rings is 1. The number of aryl methyl sites for hydroxylation is 2. The number of anilines is 1. The molecule has 0 aliphatic carbocycles. The zero-order chi connectivity index (χ0) is 29.4. The summed E-state index contributed by atoms with van der Waals surface area (Å²) in [5.41, 5.74) is 5.09. The van der Waals surface area contributed by atoms with Gasteiger partial charge in [0.05, 0.1) is 21.8 Å². The standard InChI is InChI=1S/C33H34ClN5O2/c1-7-23-14-10-11-16-25(23)29-27(34)17-26-31(35-29)39(30-20(4)13-12-15-24(30)8-2)33(41)36-32(26)38-21(5)18-37(19-22(38)6)28(40)9-3/h7,9-17,21-22H,1,3,8,18-19H2,2,4-6H3/t21-,22-/m0/s1. The first-order chi connectivity index (χ1) is 19.7. The Morgan fingerprint density at radius 3 is 2.44 bits per heavy atom. The second-order valence-corrected chi connectivity index (χ2v) is 10.9. The Morgan fingerprint density at radius 1 is 1.07 bits per heavy atom. The minimum atomic E-state index is -0.418. The van der Waals surface area contributed by atoms with Crippen molar-refractivity contribution in [2.24, 2.45) is 0 Å². The molecular formula is C33H34ClN5O2. The van der Waals surface area contributed by atoms with Gasteiger partial charge in [0.15, 0.2) is 5.65 Å². The highest BCUT2D eigenvalue weighted by Gasteiger charge is 2.34. The van der Waals surface area contributed by atoms with Gasteiger partial charge in [0.25, 0.3) is 0 Å². The molecule has 8 heteroatoms. The van der Waals surface area contributed by atoms with E-state index in [1.54, 1.807) is 15.5 Å². The highest BCUT2D eigenvalue weighted by molar-refractivity contribution is 6.34. The van der Waals surface area contributed by atoms with Crippen LogP contribution < -0.4 is 10.6 Å². The topological polar surface area (TPSA) is 71.3 Å². The molecule has 0 spiro atoms. The van der Waals surface area contributed by atoms with Crippen LogP contribution in [0.3, 0.4) is 0 Å². The lowest BCUT2D eigenvalue weighted by Crippen LogP contribution is -2.58. The van der Waals surface area contributed by atoms with Gasteiger partial charge in [0.1, 0.15) is 5.82 Å². The number of para-hydroxylation sites is 1. The number of pyridine rings is 1. The first kappa shape index (κ1) is 28.3. The van der Waals surface area contributed by atoms with Crippen molar-refractivity contribution in [2.45, 2.75) is 46.2 Å². The number of hydrogen-bond acceptors (Lipinski definition) is 5. The van der Waals surface area contributed by atoms with Crippen LogP contribution in [0.5, 0.6) is 0 Å². The third-order valence-corrected chi connectivity index (χ3v) is 8.10. The maximum atomic E-state index is 14.1. The number of rotatable bonds is 6. The number of aromatic nitrogens is 3. The van der Waals surface area contributed by atoms with Crippen LogP contribution in [-0.2, 0) is 11.2 Å². The van der Waals surface area contributed by atoms with Crippen molar-refractivity contribution in [3.05, 3.63) is 100.0 Å². The smallest absolute Gasteiger partial charge is 0.347 e. The molecule has 3 heterocycles. The second-order valence-electron chi connectivity index (χ2n) is 10.5. The summed E-state index contributed by atoms with van der Waals surface area (Å²) in [6.45, 7) is 16.7. The van der Waals surface area contributed by atoms with Crippen molar-refractivity contribution in [3.63, 3.8) is 0 Å². The van der Waals surface area contributed by atoms with E-state index < -0.39 is 5.69 Å². The molecule has 0 bridgehead atoms. The highest BCUT2D eigenvalue weighted by Crippen LogP contribution is 2.37. The van der Waals surface area contributed by atoms with Crippen molar-refractivity contribution < 1.29 is 4.79 Å². The third kappa shape index (κ3) is 4.95. The van der Waals surface area contributed by atoms with E-state index >= 15 is 0 Å². The molecule has 41 heavy (non-hydrogen) atoms. The zero-order valence-corrected chi connectivity index (χ0v) is 24.7. The number of fused-ring (bicyclic) bond motifs is 1. The summed E-state index contributed by atoms with van der Waals surface area (Å²) >= 11 is 6.97. The van der Waals surface area contributed by atoms with E-state index in [4.69, 9.17) is 16.6 Å². The molecule has 0 unspecified atom stereocenters. The third-order valence-electron chi connectivity index (χ3n) is 7.81. The van der Waals surface area contributed by atoms with Crippen LogP contribution in [0, 0.1) is 6.92 Å². The van der Waals surface area contributed by atoms with Gasteiger partial charge >= 0.3 is 5.69 Å². The summed E-state index contributed by atoms with van der Waals surface area (Å²) in [5, 5.41) is 1.11. The van der Waals surface area contributed by atoms with Crippen molar-refractivity contribution >= 4 is 40.4 Å². The summed E-state index contributed by atoms with van der Waals surface area (Å²) in [5.74, 6) is 0.398. The van der Waals surface area contributed by atoms with Crippen molar-refractivity contribution in [1.82, 2.24) is 19.4 Å². The van der Waals surface area contributed by atoms with E-state index in [-0.39, 0.29) is 18.0 Å². The van der Waals surface area contributed by atoms with Crippen molar-refractivity contribution in [2.75, 3.05) is 18.0 Å². The van der Waals surface area contributed by atoms with Gasteiger partial charge in [-0.1, -0.05) is 80.2 Å². The number of nitrogens with zero attached hydrogens (tertiary/aromatic N) is 5. The monoisotopic (exact) mass is 567 g/mol. The molecule has 7 nitrogen and oxygen atoms in total. The predicted molar refractivity (Wildman–Crippen MR) is 168 cm³/mol. The zero-order valence-electron chi connectivity index (χ0n) is 23.9. The van der Waals surface area contributed by atoms with Crippen molar-refractivity contribution in [3.8, 4) is 16.9 Å². The van der Waals surface area contributed by atoms with Gasteiger partial charge < -0.3 is 9.80 Å². The molecule has 210 valence electrons. The van der Waals surface area contributed by atoms with Gasteiger partial charge in [-0.15, -0.1) is 0 Å². The number of halogens is 1. The van der Waals surface area contributed by atoms with E-state index in [9.17, 15) is 9.59 Å². The Morgan fingerprint density at radius 2 is 1.78 bits per heavy atom. The lowest BCUT2D eigenvalue weighted by Gasteiger charge is -2.45. The van der Waals surface area contributed by atoms with Crippen LogP contribution in [-0.4, -0.2) is 50.5 Å². The molecule has 2 atom stereocenters. The first-order valence-electron chi connectivity index (χ1n) is 13.8. The van der Waals surface area contributed by atoms with Gasteiger partial charge in [0.2, 0.25) is 5.91 Å². The molecule has 0 N–H and O–H groups in total. The van der Waals surface area contributed by atoms with Gasteiger partial charge in [-0.3, -0.25) is 4.79 Å². The molecule has 1 aliphatic heterocycles. The van der Waals surface area contributed by atoms with Crippen LogP contribution in [0.1, 0.15) is 37.5 Å². The summed E-state index contributed by atoms with van der Waals surface area (Å²) in [6, 6.07) is 15.4. The quantitative estimate of drug-likeness (QED) is 0.258. The maximum Gasteiger partial charge on any atom is 0.355 e. The fourth-order valence-corrected chi connectivity index (χ4v) is 6.21. The van der Waals surface area contributed by atoms with Crippen molar-refractivity contribution in [1.29, 1.82) is 0 Å². The number of carbonyl (C=O) groups excluding carboxylic acids is 1. The number of carbonyl (C=O) groups is 1. The van der Waals surface area contributed by atoms with Gasteiger partial charge in [-0.25, -0.2) is 14.3 Å². The van der Waals surface area contributed by atoms with Crippen LogP contribution in [0.4, 0.5) is 5.82 Å². The molecule has 5 rings (SSSR count). The molecule has 2 aromatic carbocycles. The summed E-state index contributed by atoms with van der Waals surface area (Å²) < 4.78 is 1.62. The molecule has 2 aromatic heterocycles. The molecule has 1 amide bonds. The fourth-order valence-electron chi connectivity index (χ4n) is 5.96. The Balaban J connectivity index is 1.84. The Bertz CT molecular complexity index is 1730. The molecule has 1 fully saturated rings. The number of hydrogen-bond donors (Lipinski definition) is 0. The largest absolute Gasteiger partial charge is 0.355 e. The highest BCUT2D eigenvalue weighted by atomic mass is 35.5. The van der Waals surface area contributed by atoms with E-state index in [0.29, 0.717) is 40.7 Å². The van der Waals surface area contributed by atoms with Gasteiger partial charge in [-0.05, 0) is 56.0 Å². The molecule has 4 aromatic rings. The van der Waals surface area contributed by atoms with E-state index in [2.05, 4.69) is 30.0 Å². The van der Waals surface area contributed by atoms with E-state index in [1.807, 2.05) is 69.3 Å².